The molecule has 1 aliphatic rings. The first-order valence-corrected chi connectivity index (χ1v) is 7.19. The number of aryl methyl sites for hydroxylation is 1. The standard InChI is InChI=1S/C18H19FO/c1-3-12-10-16(13-4-5-13)17(11-18(12)20-2)14-6-8-15(19)9-7-14/h6-11,13H,3-5H2,1-2H3. The monoisotopic (exact) mass is 270 g/mol. The minimum Gasteiger partial charge on any atom is -0.496 e. The second kappa shape index (κ2) is 5.28. The zero-order chi connectivity index (χ0) is 14.1. The van der Waals surface area contributed by atoms with Gasteiger partial charge in [0.15, 0.2) is 0 Å². The molecule has 1 saturated carbocycles. The maximum Gasteiger partial charge on any atom is 0.123 e. The molecular formula is C18H19FO. The zero-order valence-electron chi connectivity index (χ0n) is 11.9. The summed E-state index contributed by atoms with van der Waals surface area (Å²) in [6, 6.07) is 11.1. The van der Waals surface area contributed by atoms with E-state index in [0.717, 1.165) is 17.7 Å². The van der Waals surface area contributed by atoms with Crippen molar-refractivity contribution in [2.24, 2.45) is 0 Å². The highest BCUT2D eigenvalue weighted by molar-refractivity contribution is 5.71. The number of hydrogen-bond acceptors (Lipinski definition) is 1. The minimum absolute atomic E-state index is 0.195. The largest absolute Gasteiger partial charge is 0.496 e. The van der Waals surface area contributed by atoms with E-state index in [1.165, 1.54) is 41.7 Å². The Kier molecular flexibility index (Phi) is 3.47. The number of rotatable bonds is 4. The van der Waals surface area contributed by atoms with Gasteiger partial charge in [0.25, 0.3) is 0 Å². The van der Waals surface area contributed by atoms with Crippen LogP contribution >= 0.6 is 0 Å². The SMILES string of the molecule is CCc1cc(C2CC2)c(-c2ccc(F)cc2)cc1OC. The normalized spacial score (nSPS) is 14.3. The molecule has 0 N–H and O–H groups in total. The molecule has 0 aliphatic heterocycles. The second-order valence-electron chi connectivity index (χ2n) is 5.39. The fourth-order valence-corrected chi connectivity index (χ4v) is 2.72. The maximum absolute atomic E-state index is 13.1. The smallest absolute Gasteiger partial charge is 0.123 e. The van der Waals surface area contributed by atoms with Gasteiger partial charge in [0, 0.05) is 0 Å². The van der Waals surface area contributed by atoms with Crippen LogP contribution in [0.1, 0.15) is 36.8 Å². The van der Waals surface area contributed by atoms with Crippen LogP contribution in [-0.4, -0.2) is 7.11 Å². The highest BCUT2D eigenvalue weighted by Crippen LogP contribution is 2.46. The average molecular weight is 270 g/mol. The van der Waals surface area contributed by atoms with Gasteiger partial charge in [-0.1, -0.05) is 25.1 Å². The van der Waals surface area contributed by atoms with Crippen LogP contribution in [0.15, 0.2) is 36.4 Å². The molecule has 0 spiro atoms. The highest BCUT2D eigenvalue weighted by Gasteiger charge is 2.27. The summed E-state index contributed by atoms with van der Waals surface area (Å²) in [5.41, 5.74) is 4.88. The van der Waals surface area contributed by atoms with Gasteiger partial charge < -0.3 is 4.74 Å². The van der Waals surface area contributed by atoms with Crippen molar-refractivity contribution in [1.82, 2.24) is 0 Å². The molecule has 0 amide bonds. The lowest BCUT2D eigenvalue weighted by atomic mass is 9.93. The Morgan fingerprint density at radius 2 is 1.85 bits per heavy atom. The van der Waals surface area contributed by atoms with Crippen LogP contribution in [0.5, 0.6) is 5.75 Å². The molecule has 2 heteroatoms. The number of methoxy groups -OCH3 is 1. The molecule has 2 aromatic rings. The first-order chi connectivity index (χ1) is 9.72. The predicted molar refractivity (Wildman–Crippen MR) is 79.7 cm³/mol. The summed E-state index contributed by atoms with van der Waals surface area (Å²) in [4.78, 5) is 0. The van der Waals surface area contributed by atoms with Crippen molar-refractivity contribution in [1.29, 1.82) is 0 Å². The van der Waals surface area contributed by atoms with Crippen LogP contribution in [0.25, 0.3) is 11.1 Å². The van der Waals surface area contributed by atoms with Crippen molar-refractivity contribution in [3.8, 4) is 16.9 Å². The van der Waals surface area contributed by atoms with Gasteiger partial charge in [-0.15, -0.1) is 0 Å². The molecule has 1 nitrogen and oxygen atoms in total. The second-order valence-corrected chi connectivity index (χ2v) is 5.39. The van der Waals surface area contributed by atoms with Crippen LogP contribution < -0.4 is 4.74 Å². The van der Waals surface area contributed by atoms with Crippen molar-refractivity contribution in [3.05, 3.63) is 53.3 Å². The van der Waals surface area contributed by atoms with Gasteiger partial charge in [-0.25, -0.2) is 4.39 Å². The highest BCUT2D eigenvalue weighted by atomic mass is 19.1. The van der Waals surface area contributed by atoms with Crippen molar-refractivity contribution in [2.75, 3.05) is 7.11 Å². The fraction of sp³-hybridized carbons (Fsp3) is 0.333. The van der Waals surface area contributed by atoms with Crippen molar-refractivity contribution >= 4 is 0 Å². The summed E-state index contributed by atoms with van der Waals surface area (Å²) < 4.78 is 18.6. The van der Waals surface area contributed by atoms with Crippen LogP contribution in [-0.2, 0) is 6.42 Å². The van der Waals surface area contributed by atoms with E-state index in [4.69, 9.17) is 4.74 Å². The van der Waals surface area contributed by atoms with Crippen LogP contribution in [0.2, 0.25) is 0 Å². The zero-order valence-corrected chi connectivity index (χ0v) is 11.9. The minimum atomic E-state index is -0.195. The lowest BCUT2D eigenvalue weighted by molar-refractivity contribution is 0.410. The molecule has 20 heavy (non-hydrogen) atoms. The van der Waals surface area contributed by atoms with Gasteiger partial charge in [-0.2, -0.15) is 0 Å². The third-order valence-corrected chi connectivity index (χ3v) is 4.01. The van der Waals surface area contributed by atoms with Gasteiger partial charge in [0.2, 0.25) is 0 Å². The van der Waals surface area contributed by atoms with Gasteiger partial charge >= 0.3 is 0 Å². The molecule has 3 rings (SSSR count). The maximum atomic E-state index is 13.1. The van der Waals surface area contributed by atoms with E-state index < -0.39 is 0 Å². The third kappa shape index (κ3) is 2.43. The summed E-state index contributed by atoms with van der Waals surface area (Å²) in [6.45, 7) is 2.14. The first kappa shape index (κ1) is 13.2. The molecule has 0 saturated heterocycles. The Bertz CT molecular complexity index is 612. The molecular weight excluding hydrogens is 251 g/mol. The molecule has 104 valence electrons. The Labute approximate surface area is 119 Å². The summed E-state index contributed by atoms with van der Waals surface area (Å²) in [5.74, 6) is 1.39. The quantitative estimate of drug-likeness (QED) is 0.764. The van der Waals surface area contributed by atoms with Crippen molar-refractivity contribution in [3.63, 3.8) is 0 Å². The predicted octanol–water partition coefficient (Wildman–Crippen LogP) is 4.94. The Morgan fingerprint density at radius 1 is 1.15 bits per heavy atom. The number of ether oxygens (including phenoxy) is 1. The first-order valence-electron chi connectivity index (χ1n) is 7.19. The number of hydrogen-bond donors (Lipinski definition) is 0. The topological polar surface area (TPSA) is 9.23 Å². The van der Waals surface area contributed by atoms with E-state index in [9.17, 15) is 4.39 Å². The van der Waals surface area contributed by atoms with Gasteiger partial charge in [-0.3, -0.25) is 0 Å². The van der Waals surface area contributed by atoms with Crippen LogP contribution in [0.4, 0.5) is 4.39 Å². The molecule has 1 fully saturated rings. The molecule has 0 unspecified atom stereocenters. The lowest BCUT2D eigenvalue weighted by Gasteiger charge is -2.15. The summed E-state index contributed by atoms with van der Waals surface area (Å²) in [6.07, 6.45) is 3.47. The van der Waals surface area contributed by atoms with Crippen molar-refractivity contribution in [2.45, 2.75) is 32.1 Å². The lowest BCUT2D eigenvalue weighted by Crippen LogP contribution is -1.96. The number of halogens is 1. The molecule has 2 aromatic carbocycles. The van der Waals surface area contributed by atoms with E-state index >= 15 is 0 Å². The summed E-state index contributed by atoms with van der Waals surface area (Å²) >= 11 is 0. The molecule has 0 bridgehead atoms. The van der Waals surface area contributed by atoms with E-state index in [1.807, 2.05) is 12.1 Å². The molecule has 0 heterocycles. The van der Waals surface area contributed by atoms with E-state index in [1.54, 1.807) is 7.11 Å². The Hall–Kier alpha value is -1.83. The average Bonchev–Trinajstić information content (AvgIpc) is 3.31. The van der Waals surface area contributed by atoms with Gasteiger partial charge in [0.05, 0.1) is 7.11 Å². The third-order valence-electron chi connectivity index (χ3n) is 4.01. The van der Waals surface area contributed by atoms with Gasteiger partial charge in [-0.05, 0) is 65.6 Å². The summed E-state index contributed by atoms with van der Waals surface area (Å²) in [5, 5.41) is 0. The Morgan fingerprint density at radius 3 is 2.40 bits per heavy atom. The summed E-state index contributed by atoms with van der Waals surface area (Å²) in [7, 11) is 1.71. The van der Waals surface area contributed by atoms with Crippen LogP contribution in [0, 0.1) is 5.82 Å². The Balaban J connectivity index is 2.14. The fourth-order valence-electron chi connectivity index (χ4n) is 2.72. The van der Waals surface area contributed by atoms with E-state index in [-0.39, 0.29) is 5.82 Å². The van der Waals surface area contributed by atoms with E-state index in [2.05, 4.69) is 19.1 Å². The molecule has 1 aliphatic carbocycles. The van der Waals surface area contributed by atoms with E-state index in [0.29, 0.717) is 5.92 Å². The molecule has 0 atom stereocenters. The number of benzene rings is 2. The molecule has 0 aromatic heterocycles. The van der Waals surface area contributed by atoms with Gasteiger partial charge in [0.1, 0.15) is 11.6 Å². The molecule has 0 radical (unpaired) electrons. The van der Waals surface area contributed by atoms with Crippen LogP contribution in [0.3, 0.4) is 0 Å². The van der Waals surface area contributed by atoms with Crippen molar-refractivity contribution < 1.29 is 9.13 Å².